The zero-order chi connectivity index (χ0) is 19.6. The molecule has 6 nitrogen and oxygen atoms in total. The van der Waals surface area contributed by atoms with Gasteiger partial charge in [0.25, 0.3) is 5.91 Å². The lowest BCUT2D eigenvalue weighted by Gasteiger charge is -2.26. The number of halogens is 3. The monoisotopic (exact) mass is 432 g/mol. The summed E-state index contributed by atoms with van der Waals surface area (Å²) in [5, 5.41) is 2.24. The summed E-state index contributed by atoms with van der Waals surface area (Å²) in [7, 11) is -3.80. The third-order valence-electron chi connectivity index (χ3n) is 3.99. The Kier molecular flexibility index (Phi) is 6.02. The number of morpholine rings is 1. The number of nitrogens with one attached hydrogen (secondary N) is 1. The molecule has 2 aromatic rings. The predicted molar refractivity (Wildman–Crippen MR) is 100 cm³/mol. The van der Waals surface area contributed by atoms with Crippen molar-refractivity contribution in [2.24, 2.45) is 0 Å². The molecular formula is C17H15Cl2FN2O4S. The average molecular weight is 433 g/mol. The van der Waals surface area contributed by atoms with Gasteiger partial charge in [0.2, 0.25) is 10.0 Å². The molecule has 10 heteroatoms. The van der Waals surface area contributed by atoms with Crippen molar-refractivity contribution in [1.29, 1.82) is 0 Å². The van der Waals surface area contributed by atoms with Crippen LogP contribution in [0, 0.1) is 5.82 Å². The van der Waals surface area contributed by atoms with Gasteiger partial charge in [-0.15, -0.1) is 0 Å². The van der Waals surface area contributed by atoms with Gasteiger partial charge in [-0.05, 0) is 30.3 Å². The van der Waals surface area contributed by atoms with Gasteiger partial charge in [-0.3, -0.25) is 4.79 Å². The van der Waals surface area contributed by atoms with E-state index in [1.807, 2.05) is 0 Å². The lowest BCUT2D eigenvalue weighted by atomic mass is 10.2. The van der Waals surface area contributed by atoms with Crippen molar-refractivity contribution >= 4 is 44.8 Å². The standard InChI is InChI=1S/C17H15Cl2FN2O4S/c18-13-5-4-11(27(24,25)22-6-8-26-9-7-22)10-12(13)17(23)21-15-3-1-2-14(19)16(15)20/h1-5,10H,6-9H2,(H,21,23). The highest BCUT2D eigenvalue weighted by Crippen LogP contribution is 2.26. The number of hydrogen-bond donors (Lipinski definition) is 1. The van der Waals surface area contributed by atoms with Gasteiger partial charge >= 0.3 is 0 Å². The second-order valence-corrected chi connectivity index (χ2v) is 8.47. The van der Waals surface area contributed by atoms with Crippen molar-refractivity contribution in [2.75, 3.05) is 31.6 Å². The van der Waals surface area contributed by atoms with E-state index in [1.165, 1.54) is 40.7 Å². The van der Waals surface area contributed by atoms with Gasteiger partial charge in [-0.2, -0.15) is 4.31 Å². The molecule has 27 heavy (non-hydrogen) atoms. The van der Waals surface area contributed by atoms with E-state index in [-0.39, 0.29) is 39.3 Å². The Labute approximate surface area is 165 Å². The number of carbonyl (C=O) groups excluding carboxylic acids is 1. The van der Waals surface area contributed by atoms with Gasteiger partial charge in [-0.25, -0.2) is 12.8 Å². The van der Waals surface area contributed by atoms with Crippen LogP contribution in [-0.4, -0.2) is 44.9 Å². The first kappa shape index (κ1) is 20.0. The molecule has 2 aromatic carbocycles. The molecule has 144 valence electrons. The lowest BCUT2D eigenvalue weighted by molar-refractivity contribution is 0.0730. The van der Waals surface area contributed by atoms with Crippen LogP contribution in [0.4, 0.5) is 10.1 Å². The number of anilines is 1. The van der Waals surface area contributed by atoms with E-state index in [1.54, 1.807) is 0 Å². The zero-order valence-corrected chi connectivity index (χ0v) is 16.2. The Hall–Kier alpha value is -1.71. The largest absolute Gasteiger partial charge is 0.379 e. The number of sulfonamides is 1. The van der Waals surface area contributed by atoms with E-state index < -0.39 is 21.7 Å². The average Bonchev–Trinajstić information content (AvgIpc) is 2.66. The van der Waals surface area contributed by atoms with Crippen LogP contribution in [0.2, 0.25) is 10.0 Å². The summed E-state index contributed by atoms with van der Waals surface area (Å²) in [4.78, 5) is 12.4. The summed E-state index contributed by atoms with van der Waals surface area (Å²) >= 11 is 11.8. The molecule has 0 unspecified atom stereocenters. The molecule has 1 fully saturated rings. The van der Waals surface area contributed by atoms with E-state index in [4.69, 9.17) is 27.9 Å². The molecule has 1 aliphatic rings. The van der Waals surface area contributed by atoms with Crippen LogP contribution in [0.5, 0.6) is 0 Å². The molecule has 0 atom stereocenters. The van der Waals surface area contributed by atoms with E-state index >= 15 is 0 Å². The highest BCUT2D eigenvalue weighted by atomic mass is 35.5. The second-order valence-electron chi connectivity index (χ2n) is 5.71. The third kappa shape index (κ3) is 4.25. The van der Waals surface area contributed by atoms with Crippen molar-refractivity contribution in [2.45, 2.75) is 4.90 Å². The molecule has 0 radical (unpaired) electrons. The van der Waals surface area contributed by atoms with Gasteiger partial charge in [0.1, 0.15) is 0 Å². The molecule has 1 amide bonds. The molecule has 0 spiro atoms. The summed E-state index contributed by atoms with van der Waals surface area (Å²) < 4.78 is 45.9. The Balaban J connectivity index is 1.91. The Bertz CT molecular complexity index is 979. The number of nitrogens with zero attached hydrogens (tertiary/aromatic N) is 1. The third-order valence-corrected chi connectivity index (χ3v) is 6.51. The SMILES string of the molecule is O=C(Nc1cccc(Cl)c1F)c1cc(S(=O)(=O)N2CCOCC2)ccc1Cl. The molecule has 0 bridgehead atoms. The Morgan fingerprint density at radius 1 is 1.11 bits per heavy atom. The molecular weight excluding hydrogens is 418 g/mol. The molecule has 0 aliphatic carbocycles. The van der Waals surface area contributed by atoms with Crippen molar-refractivity contribution in [1.82, 2.24) is 4.31 Å². The second kappa shape index (κ2) is 8.12. The quantitative estimate of drug-likeness (QED) is 0.802. The fourth-order valence-corrected chi connectivity index (χ4v) is 4.38. The van der Waals surface area contributed by atoms with Crippen molar-refractivity contribution in [3.8, 4) is 0 Å². The number of carbonyl (C=O) groups is 1. The fourth-order valence-electron chi connectivity index (χ4n) is 2.56. The summed E-state index contributed by atoms with van der Waals surface area (Å²) in [6.45, 7) is 1.04. The lowest BCUT2D eigenvalue weighted by Crippen LogP contribution is -2.40. The molecule has 0 saturated carbocycles. The minimum Gasteiger partial charge on any atom is -0.379 e. The number of hydrogen-bond acceptors (Lipinski definition) is 4. The summed E-state index contributed by atoms with van der Waals surface area (Å²) in [6, 6.07) is 7.96. The maximum atomic E-state index is 14.0. The van der Waals surface area contributed by atoms with Crippen LogP contribution in [0.1, 0.15) is 10.4 Å². The minimum atomic E-state index is -3.80. The van der Waals surface area contributed by atoms with E-state index in [0.717, 1.165) is 0 Å². The summed E-state index contributed by atoms with van der Waals surface area (Å²) in [5.74, 6) is -1.54. The fraction of sp³-hybridized carbons (Fsp3) is 0.235. The smallest absolute Gasteiger partial charge is 0.257 e. The van der Waals surface area contributed by atoms with Gasteiger partial charge in [0.05, 0.1) is 39.4 Å². The summed E-state index contributed by atoms with van der Waals surface area (Å²) in [6.07, 6.45) is 0. The number of rotatable bonds is 4. The van der Waals surface area contributed by atoms with E-state index in [9.17, 15) is 17.6 Å². The number of ether oxygens (including phenoxy) is 1. The first-order chi connectivity index (χ1) is 12.8. The van der Waals surface area contributed by atoms with Gasteiger partial charge in [0.15, 0.2) is 5.82 Å². The highest BCUT2D eigenvalue weighted by molar-refractivity contribution is 7.89. The van der Waals surface area contributed by atoms with Crippen LogP contribution in [0.25, 0.3) is 0 Å². The van der Waals surface area contributed by atoms with E-state index in [2.05, 4.69) is 5.32 Å². The summed E-state index contributed by atoms with van der Waals surface area (Å²) in [5.41, 5.74) is -0.226. The number of amides is 1. The molecule has 1 heterocycles. The predicted octanol–water partition coefficient (Wildman–Crippen LogP) is 3.41. The van der Waals surface area contributed by atoms with Gasteiger partial charge < -0.3 is 10.1 Å². The maximum absolute atomic E-state index is 14.0. The Morgan fingerprint density at radius 3 is 2.52 bits per heavy atom. The van der Waals surface area contributed by atoms with Crippen LogP contribution >= 0.6 is 23.2 Å². The molecule has 1 N–H and O–H groups in total. The molecule has 3 rings (SSSR count). The van der Waals surface area contributed by atoms with E-state index in [0.29, 0.717) is 13.2 Å². The molecule has 0 aromatic heterocycles. The van der Waals surface area contributed by atoms with Gasteiger partial charge in [0, 0.05) is 13.1 Å². The van der Waals surface area contributed by atoms with Gasteiger partial charge in [-0.1, -0.05) is 29.3 Å². The first-order valence-corrected chi connectivity index (χ1v) is 10.1. The highest BCUT2D eigenvalue weighted by Gasteiger charge is 2.27. The maximum Gasteiger partial charge on any atom is 0.257 e. The van der Waals surface area contributed by atoms with Crippen molar-refractivity contribution in [3.05, 3.63) is 57.8 Å². The van der Waals surface area contributed by atoms with Crippen LogP contribution in [0.15, 0.2) is 41.3 Å². The van der Waals surface area contributed by atoms with Crippen LogP contribution in [0.3, 0.4) is 0 Å². The van der Waals surface area contributed by atoms with Crippen molar-refractivity contribution in [3.63, 3.8) is 0 Å². The molecule has 1 saturated heterocycles. The van der Waals surface area contributed by atoms with Crippen molar-refractivity contribution < 1.29 is 22.3 Å². The molecule has 1 aliphatic heterocycles. The van der Waals surface area contributed by atoms with Crippen LogP contribution in [-0.2, 0) is 14.8 Å². The van der Waals surface area contributed by atoms with Crippen LogP contribution < -0.4 is 5.32 Å². The Morgan fingerprint density at radius 2 is 1.81 bits per heavy atom. The number of benzene rings is 2. The first-order valence-electron chi connectivity index (χ1n) is 7.93. The normalized spacial score (nSPS) is 15.5. The topological polar surface area (TPSA) is 75.7 Å². The minimum absolute atomic E-state index is 0.0378. The zero-order valence-electron chi connectivity index (χ0n) is 13.9.